The SMILES string of the molecule is COC(=O)c1nc(C)n(CC(C)C2CC2)c1N. The molecule has 0 bridgehead atoms. The van der Waals surface area contributed by atoms with Crippen LogP contribution in [0.2, 0.25) is 0 Å². The minimum atomic E-state index is -0.469. The first-order chi connectivity index (χ1) is 8.04. The van der Waals surface area contributed by atoms with Crippen LogP contribution in [0.3, 0.4) is 0 Å². The van der Waals surface area contributed by atoms with E-state index in [4.69, 9.17) is 5.73 Å². The molecule has 1 saturated carbocycles. The lowest BCUT2D eigenvalue weighted by atomic mass is 10.1. The quantitative estimate of drug-likeness (QED) is 0.808. The highest BCUT2D eigenvalue weighted by molar-refractivity contribution is 5.92. The van der Waals surface area contributed by atoms with Gasteiger partial charge in [-0.25, -0.2) is 9.78 Å². The van der Waals surface area contributed by atoms with E-state index in [1.807, 2.05) is 11.5 Å². The van der Waals surface area contributed by atoms with Gasteiger partial charge < -0.3 is 15.0 Å². The third-order valence-corrected chi connectivity index (χ3v) is 3.47. The molecule has 0 aliphatic heterocycles. The zero-order valence-corrected chi connectivity index (χ0v) is 10.6. The Hall–Kier alpha value is -1.52. The van der Waals surface area contributed by atoms with Crippen LogP contribution in [0.5, 0.6) is 0 Å². The van der Waals surface area contributed by atoms with Gasteiger partial charge in [0.15, 0.2) is 5.69 Å². The van der Waals surface area contributed by atoms with E-state index < -0.39 is 5.97 Å². The fourth-order valence-electron chi connectivity index (χ4n) is 2.16. The number of anilines is 1. The molecule has 5 heteroatoms. The highest BCUT2D eigenvalue weighted by Gasteiger charge is 2.29. The number of carbonyl (C=O) groups is 1. The summed E-state index contributed by atoms with van der Waals surface area (Å²) in [6.07, 6.45) is 2.61. The number of rotatable bonds is 4. The van der Waals surface area contributed by atoms with Crippen molar-refractivity contribution in [3.8, 4) is 0 Å². The Bertz CT molecular complexity index is 435. The number of methoxy groups -OCH3 is 1. The summed E-state index contributed by atoms with van der Waals surface area (Å²) in [6, 6.07) is 0. The van der Waals surface area contributed by atoms with Crippen LogP contribution in [0.25, 0.3) is 0 Å². The Morgan fingerprint density at radius 1 is 1.65 bits per heavy atom. The maximum atomic E-state index is 11.5. The molecule has 0 aromatic carbocycles. The number of ether oxygens (including phenoxy) is 1. The molecule has 2 N–H and O–H groups in total. The number of nitrogen functional groups attached to an aromatic ring is 1. The van der Waals surface area contributed by atoms with Gasteiger partial charge in [-0.15, -0.1) is 0 Å². The van der Waals surface area contributed by atoms with Crippen LogP contribution >= 0.6 is 0 Å². The molecule has 1 aromatic heterocycles. The molecule has 17 heavy (non-hydrogen) atoms. The Labute approximate surface area is 101 Å². The molecule has 94 valence electrons. The van der Waals surface area contributed by atoms with Gasteiger partial charge in [-0.05, 0) is 31.6 Å². The van der Waals surface area contributed by atoms with E-state index in [0.29, 0.717) is 11.7 Å². The monoisotopic (exact) mass is 237 g/mol. The molecule has 1 aliphatic carbocycles. The van der Waals surface area contributed by atoms with E-state index in [1.165, 1.54) is 20.0 Å². The van der Waals surface area contributed by atoms with E-state index in [0.717, 1.165) is 18.3 Å². The van der Waals surface area contributed by atoms with Crippen LogP contribution in [0.1, 0.15) is 36.1 Å². The number of aryl methyl sites for hydroxylation is 1. The molecule has 0 radical (unpaired) electrons. The number of imidazole rings is 1. The lowest BCUT2D eigenvalue weighted by molar-refractivity contribution is 0.0595. The van der Waals surface area contributed by atoms with Gasteiger partial charge in [0.1, 0.15) is 11.6 Å². The number of esters is 1. The number of nitrogens with zero attached hydrogens (tertiary/aromatic N) is 2. The molecule has 1 fully saturated rings. The highest BCUT2D eigenvalue weighted by Crippen LogP contribution is 2.37. The van der Waals surface area contributed by atoms with E-state index >= 15 is 0 Å². The maximum absolute atomic E-state index is 11.5. The molecule has 0 spiro atoms. The van der Waals surface area contributed by atoms with Gasteiger partial charge in [-0.1, -0.05) is 6.92 Å². The van der Waals surface area contributed by atoms with Crippen molar-refractivity contribution >= 4 is 11.8 Å². The summed E-state index contributed by atoms with van der Waals surface area (Å²) in [4.78, 5) is 15.6. The summed E-state index contributed by atoms with van der Waals surface area (Å²) in [6.45, 7) is 4.91. The zero-order valence-electron chi connectivity index (χ0n) is 10.6. The number of nitrogens with two attached hydrogens (primary N) is 1. The normalized spacial score (nSPS) is 16.9. The maximum Gasteiger partial charge on any atom is 0.360 e. The average Bonchev–Trinajstić information content (AvgIpc) is 3.11. The Kier molecular flexibility index (Phi) is 3.09. The van der Waals surface area contributed by atoms with Crippen molar-refractivity contribution in [2.24, 2.45) is 11.8 Å². The summed E-state index contributed by atoms with van der Waals surface area (Å²) in [5.41, 5.74) is 6.18. The largest absolute Gasteiger partial charge is 0.464 e. The van der Waals surface area contributed by atoms with Crippen molar-refractivity contribution in [3.63, 3.8) is 0 Å². The average molecular weight is 237 g/mol. The summed E-state index contributed by atoms with van der Waals surface area (Å²) < 4.78 is 6.57. The smallest absolute Gasteiger partial charge is 0.360 e. The van der Waals surface area contributed by atoms with E-state index in [-0.39, 0.29) is 5.69 Å². The fourth-order valence-corrected chi connectivity index (χ4v) is 2.16. The summed E-state index contributed by atoms with van der Waals surface area (Å²) in [7, 11) is 1.34. The molecule has 0 amide bonds. The van der Waals surface area contributed by atoms with Crippen molar-refractivity contribution in [1.82, 2.24) is 9.55 Å². The first-order valence-electron chi connectivity index (χ1n) is 5.95. The van der Waals surface area contributed by atoms with Gasteiger partial charge in [-0.3, -0.25) is 0 Å². The van der Waals surface area contributed by atoms with Gasteiger partial charge in [0.2, 0.25) is 0 Å². The van der Waals surface area contributed by atoms with Crippen LogP contribution < -0.4 is 5.73 Å². The number of hydrogen-bond donors (Lipinski definition) is 1. The summed E-state index contributed by atoms with van der Waals surface area (Å²) in [5, 5.41) is 0. The number of hydrogen-bond acceptors (Lipinski definition) is 4. The molecular weight excluding hydrogens is 218 g/mol. The second-order valence-electron chi connectivity index (χ2n) is 4.81. The molecule has 1 atom stereocenters. The van der Waals surface area contributed by atoms with Gasteiger partial charge >= 0.3 is 5.97 Å². The third-order valence-electron chi connectivity index (χ3n) is 3.47. The zero-order chi connectivity index (χ0) is 12.6. The van der Waals surface area contributed by atoms with Gasteiger partial charge in [0.25, 0.3) is 0 Å². The predicted octanol–water partition coefficient (Wildman–Crippen LogP) is 1.61. The Morgan fingerprint density at radius 3 is 2.82 bits per heavy atom. The van der Waals surface area contributed by atoms with E-state index in [9.17, 15) is 4.79 Å². The molecule has 0 saturated heterocycles. The number of carbonyl (C=O) groups excluding carboxylic acids is 1. The van der Waals surface area contributed by atoms with Crippen molar-refractivity contribution in [1.29, 1.82) is 0 Å². The van der Waals surface area contributed by atoms with Gasteiger partial charge in [-0.2, -0.15) is 0 Å². The van der Waals surface area contributed by atoms with Gasteiger partial charge in [0, 0.05) is 6.54 Å². The molecular formula is C12H19N3O2. The van der Waals surface area contributed by atoms with E-state index in [1.54, 1.807) is 0 Å². The lowest BCUT2D eigenvalue weighted by Crippen LogP contribution is -2.14. The predicted molar refractivity (Wildman–Crippen MR) is 64.6 cm³/mol. The fraction of sp³-hybridized carbons (Fsp3) is 0.667. The molecule has 1 aromatic rings. The molecule has 5 nitrogen and oxygen atoms in total. The molecule has 2 rings (SSSR count). The summed E-state index contributed by atoms with van der Waals surface area (Å²) in [5.74, 6) is 2.11. The molecule has 1 unspecified atom stereocenters. The summed E-state index contributed by atoms with van der Waals surface area (Å²) >= 11 is 0. The minimum absolute atomic E-state index is 0.230. The third kappa shape index (κ3) is 2.28. The van der Waals surface area contributed by atoms with Crippen LogP contribution in [-0.4, -0.2) is 22.6 Å². The topological polar surface area (TPSA) is 70.1 Å². The first-order valence-corrected chi connectivity index (χ1v) is 5.95. The standard InChI is InChI=1S/C12H19N3O2/c1-7(9-4-5-9)6-15-8(2)14-10(11(15)13)12(16)17-3/h7,9H,4-6,13H2,1-3H3. The second kappa shape index (κ2) is 4.39. The van der Waals surface area contributed by atoms with Crippen LogP contribution in [0.4, 0.5) is 5.82 Å². The van der Waals surface area contributed by atoms with E-state index in [2.05, 4.69) is 16.6 Å². The van der Waals surface area contributed by atoms with Crippen LogP contribution in [-0.2, 0) is 11.3 Å². The van der Waals surface area contributed by atoms with Crippen molar-refractivity contribution in [2.45, 2.75) is 33.2 Å². The Balaban J connectivity index is 2.21. The van der Waals surface area contributed by atoms with Crippen molar-refractivity contribution < 1.29 is 9.53 Å². The second-order valence-corrected chi connectivity index (χ2v) is 4.81. The highest BCUT2D eigenvalue weighted by atomic mass is 16.5. The van der Waals surface area contributed by atoms with Crippen LogP contribution in [0, 0.1) is 18.8 Å². The number of aromatic nitrogens is 2. The van der Waals surface area contributed by atoms with Crippen molar-refractivity contribution in [2.75, 3.05) is 12.8 Å². The van der Waals surface area contributed by atoms with Gasteiger partial charge in [0.05, 0.1) is 7.11 Å². The van der Waals surface area contributed by atoms with Crippen LogP contribution in [0.15, 0.2) is 0 Å². The lowest BCUT2D eigenvalue weighted by Gasteiger charge is -2.13. The van der Waals surface area contributed by atoms with Crippen molar-refractivity contribution in [3.05, 3.63) is 11.5 Å². The minimum Gasteiger partial charge on any atom is -0.464 e. The Morgan fingerprint density at radius 2 is 2.29 bits per heavy atom. The molecule has 1 heterocycles. The molecule has 1 aliphatic rings. The first kappa shape index (κ1) is 12.0.